The molecule has 0 radical (unpaired) electrons. The fraction of sp³-hybridized carbons (Fsp3) is 0.192. The number of carbonyl (C=O) groups excluding carboxylic acids is 3. The summed E-state index contributed by atoms with van der Waals surface area (Å²) in [5, 5.41) is 2.85. The Balaban J connectivity index is 1.43. The maximum atomic E-state index is 13.1. The number of hydrogen-bond donors (Lipinski definition) is 2. The van der Waals surface area contributed by atoms with Crippen molar-refractivity contribution in [2.24, 2.45) is 0 Å². The maximum Gasteiger partial charge on any atom is 0.261 e. The second-order valence-corrected chi connectivity index (χ2v) is 9.96. The minimum Gasteiger partial charge on any atom is -0.327 e. The van der Waals surface area contributed by atoms with E-state index in [4.69, 9.17) is 0 Å². The molecule has 1 fully saturated rings. The predicted octanol–water partition coefficient (Wildman–Crippen LogP) is 3.93. The summed E-state index contributed by atoms with van der Waals surface area (Å²) in [7, 11) is -3.86. The van der Waals surface area contributed by atoms with E-state index in [1.165, 1.54) is 55.5 Å². The van der Waals surface area contributed by atoms with Gasteiger partial charge in [0, 0.05) is 29.0 Å². The number of amides is 2. The number of benzene rings is 3. The van der Waals surface area contributed by atoms with Gasteiger partial charge in [0.25, 0.3) is 15.9 Å². The average molecular weight is 492 g/mol. The topological polar surface area (TPSA) is 113 Å². The van der Waals surface area contributed by atoms with Crippen LogP contribution in [0.3, 0.4) is 0 Å². The summed E-state index contributed by atoms with van der Waals surface area (Å²) in [5.74, 6) is -0.674. The third kappa shape index (κ3) is 5.58. The Morgan fingerprint density at radius 1 is 0.829 bits per heavy atom. The third-order valence-corrected chi connectivity index (χ3v) is 7.21. The minimum atomic E-state index is -3.86. The van der Waals surface area contributed by atoms with Gasteiger partial charge < -0.3 is 10.2 Å². The van der Waals surface area contributed by atoms with Crippen molar-refractivity contribution in [1.29, 1.82) is 0 Å². The second kappa shape index (κ2) is 10.1. The summed E-state index contributed by atoms with van der Waals surface area (Å²) in [4.78, 5) is 38.8. The minimum absolute atomic E-state index is 0.0204. The molecule has 0 unspecified atom stereocenters. The lowest BCUT2D eigenvalue weighted by molar-refractivity contribution is -0.119. The molecule has 3 aromatic rings. The Morgan fingerprint density at radius 3 is 2.09 bits per heavy atom. The largest absolute Gasteiger partial charge is 0.327 e. The predicted molar refractivity (Wildman–Crippen MR) is 133 cm³/mol. The van der Waals surface area contributed by atoms with Gasteiger partial charge in [-0.1, -0.05) is 30.3 Å². The number of carbonyl (C=O) groups is 3. The van der Waals surface area contributed by atoms with Gasteiger partial charge in [-0.05, 0) is 68.3 Å². The average Bonchev–Trinajstić information content (AvgIpc) is 3.35. The van der Waals surface area contributed by atoms with Gasteiger partial charge in [-0.2, -0.15) is 0 Å². The summed E-state index contributed by atoms with van der Waals surface area (Å²) in [6.45, 7) is 1.88. The molecule has 1 aliphatic rings. The summed E-state index contributed by atoms with van der Waals surface area (Å²) in [5.41, 5.74) is 1.74. The molecule has 0 aromatic heterocycles. The molecule has 1 heterocycles. The number of nitrogens with one attached hydrogen (secondary N) is 2. The molecule has 0 saturated carbocycles. The third-order valence-electron chi connectivity index (χ3n) is 5.81. The molecule has 1 saturated heterocycles. The van der Waals surface area contributed by atoms with Crippen LogP contribution in [0, 0.1) is 0 Å². The highest BCUT2D eigenvalue weighted by Gasteiger charge is 2.34. The summed E-state index contributed by atoms with van der Waals surface area (Å²) < 4.78 is 27.8. The second-order valence-electron chi connectivity index (χ2n) is 8.28. The standard InChI is InChI=1S/C26H25N3O5S/c1-18(30)19-11-15-23(16-12-19)35(33,34)28-22-13-9-20(10-14-22)26(32)29-17-5-8-24(29)25(31)27-21-6-3-2-4-7-21/h2-4,6-7,9-16,24,28H,5,8,17H2,1H3,(H,27,31)/t24-/m1/s1. The van der Waals surface area contributed by atoms with E-state index in [-0.39, 0.29) is 28.2 Å². The van der Waals surface area contributed by atoms with Crippen LogP contribution in [-0.2, 0) is 14.8 Å². The van der Waals surface area contributed by atoms with Gasteiger partial charge in [0.15, 0.2) is 5.78 Å². The highest BCUT2D eigenvalue weighted by atomic mass is 32.2. The Hall–Kier alpha value is -3.98. The van der Waals surface area contributed by atoms with E-state index >= 15 is 0 Å². The van der Waals surface area contributed by atoms with Gasteiger partial charge >= 0.3 is 0 Å². The summed E-state index contributed by atoms with van der Waals surface area (Å²) in [6, 6.07) is 20.2. The zero-order valence-corrected chi connectivity index (χ0v) is 19.9. The number of anilines is 2. The Bertz CT molecular complexity index is 1340. The van der Waals surface area contributed by atoms with Crippen molar-refractivity contribution in [2.75, 3.05) is 16.6 Å². The maximum absolute atomic E-state index is 13.1. The summed E-state index contributed by atoms with van der Waals surface area (Å²) >= 11 is 0. The van der Waals surface area contributed by atoms with Gasteiger partial charge in [-0.3, -0.25) is 19.1 Å². The Labute approximate surface area is 204 Å². The molecular weight excluding hydrogens is 466 g/mol. The molecule has 1 aliphatic heterocycles. The Morgan fingerprint density at radius 2 is 1.46 bits per heavy atom. The number of ketones is 1. The van der Waals surface area contributed by atoms with Crippen LogP contribution in [0.4, 0.5) is 11.4 Å². The lowest BCUT2D eigenvalue weighted by Gasteiger charge is -2.24. The highest BCUT2D eigenvalue weighted by molar-refractivity contribution is 7.92. The van der Waals surface area contributed by atoms with E-state index in [0.29, 0.717) is 29.8 Å². The molecule has 4 rings (SSSR count). The van der Waals surface area contributed by atoms with E-state index < -0.39 is 16.1 Å². The van der Waals surface area contributed by atoms with Crippen molar-refractivity contribution < 1.29 is 22.8 Å². The van der Waals surface area contributed by atoms with Crippen molar-refractivity contribution in [2.45, 2.75) is 30.7 Å². The molecule has 2 N–H and O–H groups in total. The monoisotopic (exact) mass is 491 g/mol. The van der Waals surface area contributed by atoms with E-state index in [1.807, 2.05) is 18.2 Å². The van der Waals surface area contributed by atoms with Crippen molar-refractivity contribution in [3.8, 4) is 0 Å². The summed E-state index contributed by atoms with van der Waals surface area (Å²) in [6.07, 6.45) is 1.30. The van der Waals surface area contributed by atoms with Gasteiger partial charge in [0.1, 0.15) is 6.04 Å². The highest BCUT2D eigenvalue weighted by Crippen LogP contribution is 2.23. The zero-order valence-electron chi connectivity index (χ0n) is 19.1. The molecule has 2 amide bonds. The molecular formula is C26H25N3O5S. The fourth-order valence-corrected chi connectivity index (χ4v) is 5.02. The molecule has 0 aliphatic carbocycles. The number of hydrogen-bond acceptors (Lipinski definition) is 5. The number of Topliss-reactive ketones (excluding diaryl/α,β-unsaturated/α-hetero) is 1. The van der Waals surface area contributed by atoms with Crippen LogP contribution in [0.25, 0.3) is 0 Å². The molecule has 0 spiro atoms. The van der Waals surface area contributed by atoms with Crippen molar-refractivity contribution in [3.63, 3.8) is 0 Å². The van der Waals surface area contributed by atoms with E-state index in [2.05, 4.69) is 10.0 Å². The first-order chi connectivity index (χ1) is 16.7. The Kier molecular flexibility index (Phi) is 6.97. The molecule has 180 valence electrons. The van der Waals surface area contributed by atoms with Gasteiger partial charge in [0.2, 0.25) is 5.91 Å². The molecule has 35 heavy (non-hydrogen) atoms. The molecule has 9 heteroatoms. The first-order valence-electron chi connectivity index (χ1n) is 11.2. The van der Waals surface area contributed by atoms with Crippen LogP contribution in [0.2, 0.25) is 0 Å². The quantitative estimate of drug-likeness (QED) is 0.486. The van der Waals surface area contributed by atoms with Crippen LogP contribution >= 0.6 is 0 Å². The van der Waals surface area contributed by atoms with Crippen LogP contribution < -0.4 is 10.0 Å². The van der Waals surface area contributed by atoms with Gasteiger partial charge in [0.05, 0.1) is 4.90 Å². The van der Waals surface area contributed by atoms with Crippen molar-refractivity contribution in [3.05, 3.63) is 90.0 Å². The van der Waals surface area contributed by atoms with Gasteiger partial charge in [-0.15, -0.1) is 0 Å². The van der Waals surface area contributed by atoms with Crippen LogP contribution in [0.1, 0.15) is 40.5 Å². The van der Waals surface area contributed by atoms with Crippen LogP contribution in [-0.4, -0.2) is 43.5 Å². The number of para-hydroxylation sites is 1. The number of likely N-dealkylation sites (tertiary alicyclic amines) is 1. The smallest absolute Gasteiger partial charge is 0.261 e. The van der Waals surface area contributed by atoms with Crippen molar-refractivity contribution >= 4 is 39.0 Å². The number of rotatable bonds is 7. The van der Waals surface area contributed by atoms with E-state index in [9.17, 15) is 22.8 Å². The number of nitrogens with zero attached hydrogens (tertiary/aromatic N) is 1. The fourth-order valence-electron chi connectivity index (χ4n) is 3.96. The molecule has 0 bridgehead atoms. The normalized spacial score (nSPS) is 15.5. The van der Waals surface area contributed by atoms with Gasteiger partial charge in [-0.25, -0.2) is 8.42 Å². The number of sulfonamides is 1. The molecule has 1 atom stereocenters. The van der Waals surface area contributed by atoms with E-state index in [1.54, 1.807) is 17.0 Å². The van der Waals surface area contributed by atoms with Crippen molar-refractivity contribution in [1.82, 2.24) is 4.90 Å². The van der Waals surface area contributed by atoms with E-state index in [0.717, 1.165) is 6.42 Å². The SMILES string of the molecule is CC(=O)c1ccc(S(=O)(=O)Nc2ccc(C(=O)N3CCC[C@@H]3C(=O)Nc3ccccc3)cc2)cc1. The lowest BCUT2D eigenvalue weighted by atomic mass is 10.1. The molecule has 8 nitrogen and oxygen atoms in total. The first kappa shape index (κ1) is 24.2. The zero-order chi connectivity index (χ0) is 25.0. The van der Waals surface area contributed by atoms with Crippen LogP contribution in [0.5, 0.6) is 0 Å². The molecule has 3 aromatic carbocycles. The van der Waals surface area contributed by atoms with Crippen LogP contribution in [0.15, 0.2) is 83.8 Å². The lowest BCUT2D eigenvalue weighted by Crippen LogP contribution is -2.43. The first-order valence-corrected chi connectivity index (χ1v) is 12.6.